The van der Waals surface area contributed by atoms with Crippen molar-refractivity contribution in [1.82, 2.24) is 4.98 Å². The van der Waals surface area contributed by atoms with Crippen molar-refractivity contribution >= 4 is 27.6 Å². The second-order valence-corrected chi connectivity index (χ2v) is 4.50. The molecule has 0 spiro atoms. The Hall–Kier alpha value is -1.88. The third-order valence-electron chi connectivity index (χ3n) is 2.44. The minimum atomic E-state index is -1.04. The van der Waals surface area contributed by atoms with Crippen LogP contribution < -0.4 is 5.32 Å². The van der Waals surface area contributed by atoms with Gasteiger partial charge in [-0.1, -0.05) is 34.1 Å². The van der Waals surface area contributed by atoms with Gasteiger partial charge in [0.15, 0.2) is 5.69 Å². The molecule has 18 heavy (non-hydrogen) atoms. The second kappa shape index (κ2) is 5.64. The van der Waals surface area contributed by atoms with Crippen LogP contribution in [-0.2, 0) is 6.54 Å². The van der Waals surface area contributed by atoms with Gasteiger partial charge in [-0.05, 0) is 23.8 Å². The highest BCUT2D eigenvalue weighted by Crippen LogP contribution is 2.18. The molecule has 0 atom stereocenters. The SMILES string of the molecule is O=C(O)c1ncccc1NCc1ccccc1Br. The minimum absolute atomic E-state index is 0.0320. The molecule has 1 heterocycles. The Bertz CT molecular complexity index is 572. The molecule has 0 amide bonds. The Morgan fingerprint density at radius 1 is 1.28 bits per heavy atom. The number of aromatic nitrogens is 1. The number of halogens is 1. The van der Waals surface area contributed by atoms with Gasteiger partial charge >= 0.3 is 5.97 Å². The maximum Gasteiger partial charge on any atom is 0.356 e. The van der Waals surface area contributed by atoms with Crippen molar-refractivity contribution < 1.29 is 9.90 Å². The quantitative estimate of drug-likeness (QED) is 0.911. The summed E-state index contributed by atoms with van der Waals surface area (Å²) < 4.78 is 0.985. The summed E-state index contributed by atoms with van der Waals surface area (Å²) in [6.45, 7) is 0.535. The molecule has 2 N–H and O–H groups in total. The predicted octanol–water partition coefficient (Wildman–Crippen LogP) is 3.15. The van der Waals surface area contributed by atoms with Crippen molar-refractivity contribution in [1.29, 1.82) is 0 Å². The molecule has 2 rings (SSSR count). The van der Waals surface area contributed by atoms with Gasteiger partial charge < -0.3 is 10.4 Å². The molecule has 0 radical (unpaired) electrons. The molecule has 0 aliphatic carbocycles. The number of benzene rings is 1. The van der Waals surface area contributed by atoms with Crippen molar-refractivity contribution in [3.05, 3.63) is 58.3 Å². The number of aromatic carboxylic acids is 1. The highest BCUT2D eigenvalue weighted by Gasteiger charge is 2.10. The first-order valence-electron chi connectivity index (χ1n) is 5.34. The van der Waals surface area contributed by atoms with Crippen molar-refractivity contribution in [2.75, 3.05) is 5.32 Å². The van der Waals surface area contributed by atoms with Crippen molar-refractivity contribution in [2.24, 2.45) is 0 Å². The lowest BCUT2D eigenvalue weighted by atomic mass is 10.2. The van der Waals surface area contributed by atoms with Gasteiger partial charge in [-0.15, -0.1) is 0 Å². The fourth-order valence-electron chi connectivity index (χ4n) is 1.55. The van der Waals surface area contributed by atoms with Gasteiger partial charge in [0.2, 0.25) is 0 Å². The zero-order valence-electron chi connectivity index (χ0n) is 9.43. The van der Waals surface area contributed by atoms with Gasteiger partial charge in [0.25, 0.3) is 0 Å². The van der Waals surface area contributed by atoms with Crippen molar-refractivity contribution in [3.63, 3.8) is 0 Å². The summed E-state index contributed by atoms with van der Waals surface area (Å²) in [5, 5.41) is 12.1. The fourth-order valence-corrected chi connectivity index (χ4v) is 1.98. The normalized spacial score (nSPS) is 10.1. The van der Waals surface area contributed by atoms with E-state index in [1.54, 1.807) is 12.1 Å². The maximum absolute atomic E-state index is 11.0. The van der Waals surface area contributed by atoms with E-state index >= 15 is 0 Å². The topological polar surface area (TPSA) is 62.2 Å². The van der Waals surface area contributed by atoms with Crippen molar-refractivity contribution in [2.45, 2.75) is 6.54 Å². The van der Waals surface area contributed by atoms with Crippen molar-refractivity contribution in [3.8, 4) is 0 Å². The number of pyridine rings is 1. The van der Waals surface area contributed by atoms with E-state index in [1.807, 2.05) is 24.3 Å². The number of anilines is 1. The van der Waals surface area contributed by atoms with E-state index in [0.717, 1.165) is 10.0 Å². The lowest BCUT2D eigenvalue weighted by molar-refractivity contribution is 0.0691. The first kappa shape index (κ1) is 12.6. The summed E-state index contributed by atoms with van der Waals surface area (Å²) in [6, 6.07) is 11.2. The molecule has 0 bridgehead atoms. The van der Waals surface area contributed by atoms with E-state index in [4.69, 9.17) is 5.11 Å². The van der Waals surface area contributed by atoms with Crippen LogP contribution in [0, 0.1) is 0 Å². The van der Waals surface area contributed by atoms with Gasteiger partial charge in [-0.3, -0.25) is 0 Å². The molecule has 0 saturated heterocycles. The molecule has 0 aliphatic heterocycles. The molecular weight excluding hydrogens is 296 g/mol. The Morgan fingerprint density at radius 2 is 2.06 bits per heavy atom. The molecule has 0 fully saturated rings. The van der Waals surface area contributed by atoms with Crippen LogP contribution in [-0.4, -0.2) is 16.1 Å². The third-order valence-corrected chi connectivity index (χ3v) is 3.21. The van der Waals surface area contributed by atoms with Crippen LogP contribution >= 0.6 is 15.9 Å². The van der Waals surface area contributed by atoms with Crippen LogP contribution in [0.15, 0.2) is 47.1 Å². The molecule has 1 aromatic carbocycles. The van der Waals surface area contributed by atoms with Crippen LogP contribution in [0.4, 0.5) is 5.69 Å². The molecule has 4 nitrogen and oxygen atoms in total. The van der Waals surface area contributed by atoms with Gasteiger partial charge in [-0.25, -0.2) is 9.78 Å². The number of hydrogen-bond acceptors (Lipinski definition) is 3. The Kier molecular flexibility index (Phi) is 3.94. The summed E-state index contributed by atoms with van der Waals surface area (Å²) >= 11 is 3.45. The van der Waals surface area contributed by atoms with E-state index in [-0.39, 0.29) is 5.69 Å². The molecule has 1 aromatic heterocycles. The number of rotatable bonds is 4. The van der Waals surface area contributed by atoms with Crippen LogP contribution in [0.1, 0.15) is 16.1 Å². The first-order chi connectivity index (χ1) is 8.68. The van der Waals surface area contributed by atoms with E-state index in [0.29, 0.717) is 12.2 Å². The highest BCUT2D eigenvalue weighted by molar-refractivity contribution is 9.10. The fraction of sp³-hybridized carbons (Fsp3) is 0.0769. The lowest BCUT2D eigenvalue weighted by Gasteiger charge is -2.09. The van der Waals surface area contributed by atoms with Crippen LogP contribution in [0.5, 0.6) is 0 Å². The van der Waals surface area contributed by atoms with Crippen LogP contribution in [0.2, 0.25) is 0 Å². The molecule has 92 valence electrons. The standard InChI is InChI=1S/C13H11BrN2O2/c14-10-5-2-1-4-9(10)8-16-11-6-3-7-15-12(11)13(17)18/h1-7,16H,8H2,(H,17,18). The lowest BCUT2D eigenvalue weighted by Crippen LogP contribution is -2.08. The van der Waals surface area contributed by atoms with Crippen LogP contribution in [0.3, 0.4) is 0 Å². The molecule has 0 unspecified atom stereocenters. The smallest absolute Gasteiger partial charge is 0.356 e. The minimum Gasteiger partial charge on any atom is -0.476 e. The summed E-state index contributed by atoms with van der Waals surface area (Å²) in [5.74, 6) is -1.04. The number of carboxylic acid groups (broad SMARTS) is 1. The highest BCUT2D eigenvalue weighted by atomic mass is 79.9. The van der Waals surface area contributed by atoms with Gasteiger partial charge in [0.1, 0.15) is 0 Å². The zero-order valence-corrected chi connectivity index (χ0v) is 11.0. The monoisotopic (exact) mass is 306 g/mol. The summed E-state index contributed by atoms with van der Waals surface area (Å²) in [7, 11) is 0. The van der Waals surface area contributed by atoms with E-state index < -0.39 is 5.97 Å². The number of nitrogens with one attached hydrogen (secondary N) is 1. The Morgan fingerprint density at radius 3 is 2.78 bits per heavy atom. The van der Waals surface area contributed by atoms with Gasteiger partial charge in [0.05, 0.1) is 5.69 Å². The largest absolute Gasteiger partial charge is 0.476 e. The van der Waals surface area contributed by atoms with Gasteiger partial charge in [-0.2, -0.15) is 0 Å². The molecule has 2 aromatic rings. The second-order valence-electron chi connectivity index (χ2n) is 3.65. The predicted molar refractivity (Wildman–Crippen MR) is 72.7 cm³/mol. The zero-order chi connectivity index (χ0) is 13.0. The number of nitrogens with zero attached hydrogens (tertiary/aromatic N) is 1. The van der Waals surface area contributed by atoms with Crippen LogP contribution in [0.25, 0.3) is 0 Å². The van der Waals surface area contributed by atoms with E-state index in [9.17, 15) is 4.79 Å². The maximum atomic E-state index is 11.0. The summed E-state index contributed by atoms with van der Waals surface area (Å²) in [5.41, 5.74) is 1.60. The Balaban J connectivity index is 2.16. The first-order valence-corrected chi connectivity index (χ1v) is 6.13. The summed E-state index contributed by atoms with van der Waals surface area (Å²) in [4.78, 5) is 14.8. The number of carbonyl (C=O) groups is 1. The third kappa shape index (κ3) is 2.87. The average Bonchev–Trinajstić information content (AvgIpc) is 2.38. The van der Waals surface area contributed by atoms with Gasteiger partial charge in [0, 0.05) is 17.2 Å². The van der Waals surface area contributed by atoms with E-state index in [2.05, 4.69) is 26.2 Å². The number of hydrogen-bond donors (Lipinski definition) is 2. The van der Waals surface area contributed by atoms with E-state index in [1.165, 1.54) is 6.20 Å². The number of carboxylic acids is 1. The molecular formula is C13H11BrN2O2. The molecule has 5 heteroatoms. The molecule has 0 aliphatic rings. The Labute approximate surface area is 113 Å². The molecule has 0 saturated carbocycles. The summed E-state index contributed by atoms with van der Waals surface area (Å²) in [6.07, 6.45) is 1.47. The average molecular weight is 307 g/mol.